The molecule has 1 aliphatic carbocycles. The third-order valence-corrected chi connectivity index (χ3v) is 5.22. The van der Waals surface area contributed by atoms with Crippen LogP contribution in [0.5, 0.6) is 0 Å². The maximum absolute atomic E-state index is 10.8. The van der Waals surface area contributed by atoms with Gasteiger partial charge in [-0.2, -0.15) is 0 Å². The predicted octanol–water partition coefficient (Wildman–Crippen LogP) is 4.66. The third kappa shape index (κ3) is 4.27. The summed E-state index contributed by atoms with van der Waals surface area (Å²) >= 11 is 3.44. The molecule has 0 spiro atoms. The molecule has 0 bridgehead atoms. The summed E-state index contributed by atoms with van der Waals surface area (Å²) in [6, 6.07) is 5.55. The first-order chi connectivity index (χ1) is 9.99. The van der Waals surface area contributed by atoms with Crippen molar-refractivity contribution in [3.8, 4) is 0 Å². The van der Waals surface area contributed by atoms with Gasteiger partial charge in [0.25, 0.3) is 5.69 Å². The number of nitro groups is 1. The Balaban J connectivity index is 2.00. The lowest BCUT2D eigenvalue weighted by atomic mass is 9.78. The Morgan fingerprint density at radius 1 is 1.38 bits per heavy atom. The third-order valence-electron chi connectivity index (χ3n) is 4.48. The second kappa shape index (κ2) is 7.36. The average molecular weight is 355 g/mol. The first-order valence-corrected chi connectivity index (χ1v) is 8.44. The Bertz CT molecular complexity index is 505. The Hall–Kier alpha value is -0.940. The average Bonchev–Trinajstić information content (AvgIpc) is 2.46. The lowest BCUT2D eigenvalue weighted by molar-refractivity contribution is -0.384. The summed E-state index contributed by atoms with van der Waals surface area (Å²) < 4.78 is 0.807. The smallest absolute Gasteiger partial charge is 0.270 e. The summed E-state index contributed by atoms with van der Waals surface area (Å²) in [5.41, 5.74) is 1.21. The molecular formula is C16H23BrN2O2. The van der Waals surface area contributed by atoms with Gasteiger partial charge in [0.15, 0.2) is 0 Å². The van der Waals surface area contributed by atoms with Gasteiger partial charge >= 0.3 is 0 Å². The van der Waals surface area contributed by atoms with E-state index in [0.717, 1.165) is 22.5 Å². The van der Waals surface area contributed by atoms with Crippen LogP contribution in [0.3, 0.4) is 0 Å². The van der Waals surface area contributed by atoms with Crippen molar-refractivity contribution in [1.29, 1.82) is 0 Å². The van der Waals surface area contributed by atoms with Gasteiger partial charge in [0.1, 0.15) is 0 Å². The van der Waals surface area contributed by atoms with Gasteiger partial charge in [-0.05, 0) is 36.3 Å². The zero-order chi connectivity index (χ0) is 15.4. The van der Waals surface area contributed by atoms with Gasteiger partial charge in [-0.25, -0.2) is 0 Å². The summed E-state index contributed by atoms with van der Waals surface area (Å²) in [7, 11) is 0. The minimum atomic E-state index is -0.363. The summed E-state index contributed by atoms with van der Waals surface area (Å²) in [6.45, 7) is 5.35. The predicted molar refractivity (Wildman–Crippen MR) is 88.2 cm³/mol. The highest BCUT2D eigenvalue weighted by Crippen LogP contribution is 2.31. The fraction of sp³-hybridized carbons (Fsp3) is 0.625. The molecule has 0 aromatic heterocycles. The van der Waals surface area contributed by atoms with Crippen LogP contribution >= 0.6 is 15.9 Å². The largest absolute Gasteiger partial charge is 0.310 e. The Kier molecular flexibility index (Phi) is 5.76. The maximum Gasteiger partial charge on any atom is 0.270 e. The number of rotatable bonds is 5. The molecule has 0 saturated heterocycles. The molecule has 2 unspecified atom stereocenters. The van der Waals surface area contributed by atoms with Crippen LogP contribution in [0.4, 0.5) is 5.69 Å². The number of nitrogens with one attached hydrogen (secondary N) is 1. The van der Waals surface area contributed by atoms with Crippen molar-refractivity contribution in [2.45, 2.75) is 52.1 Å². The van der Waals surface area contributed by atoms with Crippen LogP contribution in [0.25, 0.3) is 0 Å². The van der Waals surface area contributed by atoms with Crippen molar-refractivity contribution in [2.24, 2.45) is 11.8 Å². The van der Waals surface area contributed by atoms with Crippen molar-refractivity contribution in [3.63, 3.8) is 0 Å². The van der Waals surface area contributed by atoms with Crippen LogP contribution in [-0.4, -0.2) is 11.0 Å². The van der Waals surface area contributed by atoms with Crippen LogP contribution in [0.1, 0.15) is 45.1 Å². The summed E-state index contributed by atoms with van der Waals surface area (Å²) in [4.78, 5) is 10.4. The highest BCUT2D eigenvalue weighted by Gasteiger charge is 2.27. The van der Waals surface area contributed by atoms with Gasteiger partial charge in [0.2, 0.25) is 0 Å². The number of nitro benzene ring substituents is 1. The number of non-ortho nitro benzene ring substituents is 1. The number of nitrogens with zero attached hydrogens (tertiary/aromatic N) is 1. The first-order valence-electron chi connectivity index (χ1n) is 7.65. The van der Waals surface area contributed by atoms with Crippen LogP contribution in [0.2, 0.25) is 0 Å². The monoisotopic (exact) mass is 354 g/mol. The molecule has 1 N–H and O–H groups in total. The molecule has 2 rings (SSSR count). The van der Waals surface area contributed by atoms with E-state index in [2.05, 4.69) is 35.1 Å². The minimum Gasteiger partial charge on any atom is -0.310 e. The van der Waals surface area contributed by atoms with Gasteiger partial charge < -0.3 is 5.32 Å². The molecule has 1 aromatic carbocycles. The number of hydrogen-bond donors (Lipinski definition) is 1. The van der Waals surface area contributed by atoms with Gasteiger partial charge in [0, 0.05) is 29.2 Å². The molecule has 116 valence electrons. The lowest BCUT2D eigenvalue weighted by Gasteiger charge is -2.35. The molecule has 1 fully saturated rings. The number of benzene rings is 1. The minimum absolute atomic E-state index is 0.128. The van der Waals surface area contributed by atoms with Crippen LogP contribution < -0.4 is 5.32 Å². The van der Waals surface area contributed by atoms with E-state index in [4.69, 9.17) is 0 Å². The van der Waals surface area contributed by atoms with Crippen LogP contribution in [-0.2, 0) is 6.54 Å². The Morgan fingerprint density at radius 2 is 2.10 bits per heavy atom. The Morgan fingerprint density at radius 3 is 2.71 bits per heavy atom. The molecule has 2 atom stereocenters. The molecule has 4 nitrogen and oxygen atoms in total. The lowest BCUT2D eigenvalue weighted by Crippen LogP contribution is -2.40. The van der Waals surface area contributed by atoms with E-state index in [0.29, 0.717) is 12.0 Å². The molecule has 1 aliphatic rings. The first kappa shape index (κ1) is 16.4. The number of hydrogen-bond acceptors (Lipinski definition) is 3. The molecule has 1 saturated carbocycles. The van der Waals surface area contributed by atoms with Crippen molar-refractivity contribution < 1.29 is 4.92 Å². The van der Waals surface area contributed by atoms with Gasteiger partial charge in [-0.3, -0.25) is 10.1 Å². The van der Waals surface area contributed by atoms with E-state index in [1.165, 1.54) is 25.7 Å². The fourth-order valence-corrected chi connectivity index (χ4v) is 3.75. The topological polar surface area (TPSA) is 55.2 Å². The van der Waals surface area contributed by atoms with Crippen molar-refractivity contribution in [2.75, 3.05) is 0 Å². The van der Waals surface area contributed by atoms with Crippen molar-refractivity contribution in [3.05, 3.63) is 38.3 Å². The van der Waals surface area contributed by atoms with Crippen LogP contribution in [0, 0.1) is 22.0 Å². The molecule has 0 aliphatic heterocycles. The molecule has 1 aromatic rings. The second-order valence-electron chi connectivity index (χ2n) is 6.21. The van der Waals surface area contributed by atoms with E-state index < -0.39 is 0 Å². The quantitative estimate of drug-likeness (QED) is 0.617. The van der Waals surface area contributed by atoms with E-state index in [1.807, 2.05) is 6.07 Å². The molecular weight excluding hydrogens is 332 g/mol. The van der Waals surface area contributed by atoms with Gasteiger partial charge in [0.05, 0.1) is 4.92 Å². The van der Waals surface area contributed by atoms with E-state index in [-0.39, 0.29) is 10.6 Å². The van der Waals surface area contributed by atoms with Crippen molar-refractivity contribution in [1.82, 2.24) is 5.32 Å². The van der Waals surface area contributed by atoms with E-state index >= 15 is 0 Å². The van der Waals surface area contributed by atoms with E-state index in [9.17, 15) is 10.1 Å². The number of halogens is 1. The standard InChI is InChI=1S/C16H23BrN2O2/c1-11(2)14-5-3-4-6-16(14)18-10-12-7-8-13(19(20)21)9-15(12)17/h7-9,11,14,16,18H,3-6,10H2,1-2H3. The zero-order valence-corrected chi connectivity index (χ0v) is 14.2. The molecule has 0 amide bonds. The van der Waals surface area contributed by atoms with Crippen molar-refractivity contribution >= 4 is 21.6 Å². The normalized spacial score (nSPS) is 22.5. The fourth-order valence-electron chi connectivity index (χ4n) is 3.25. The summed E-state index contributed by atoms with van der Waals surface area (Å²) in [5, 5.41) is 14.4. The summed E-state index contributed by atoms with van der Waals surface area (Å²) in [6.07, 6.45) is 5.16. The SMILES string of the molecule is CC(C)C1CCCCC1NCc1ccc([N+](=O)[O-])cc1Br. The zero-order valence-electron chi connectivity index (χ0n) is 12.6. The molecule has 0 heterocycles. The van der Waals surface area contributed by atoms with Crippen LogP contribution in [0.15, 0.2) is 22.7 Å². The highest BCUT2D eigenvalue weighted by molar-refractivity contribution is 9.10. The highest BCUT2D eigenvalue weighted by atomic mass is 79.9. The molecule has 0 radical (unpaired) electrons. The van der Waals surface area contributed by atoms with Gasteiger partial charge in [-0.1, -0.05) is 42.6 Å². The second-order valence-corrected chi connectivity index (χ2v) is 7.07. The molecule has 5 heteroatoms. The maximum atomic E-state index is 10.8. The van der Waals surface area contributed by atoms with Gasteiger partial charge in [-0.15, -0.1) is 0 Å². The molecule has 21 heavy (non-hydrogen) atoms. The Labute approximate surface area is 134 Å². The van der Waals surface area contributed by atoms with E-state index in [1.54, 1.807) is 12.1 Å². The summed E-state index contributed by atoms with van der Waals surface area (Å²) in [5.74, 6) is 1.43.